The lowest BCUT2D eigenvalue weighted by Crippen LogP contribution is -2.16. The highest BCUT2D eigenvalue weighted by Crippen LogP contribution is 2.30. The first kappa shape index (κ1) is 26.7. The zero-order valence-corrected chi connectivity index (χ0v) is 19.9. The molecule has 1 amide bonds. The van der Waals surface area contributed by atoms with Gasteiger partial charge in [-0.2, -0.15) is 13.7 Å². The number of ether oxygens (including phenoxy) is 2. The number of hydrogen-bond donors (Lipinski definition) is 3. The summed E-state index contributed by atoms with van der Waals surface area (Å²) in [4.78, 5) is 23.9. The summed E-state index contributed by atoms with van der Waals surface area (Å²) in [5.41, 5.74) is 5.10. The summed E-state index contributed by atoms with van der Waals surface area (Å²) in [5, 5.41) is 11.8. The summed E-state index contributed by atoms with van der Waals surface area (Å²) in [6, 6.07) is 5.28. The maximum atomic E-state index is 12.3. The van der Waals surface area contributed by atoms with E-state index < -0.39 is 27.1 Å². The van der Waals surface area contributed by atoms with E-state index in [0.717, 1.165) is 49.6 Å². The lowest BCUT2D eigenvalue weighted by molar-refractivity contribution is 0.0592. The van der Waals surface area contributed by atoms with Gasteiger partial charge in [0.15, 0.2) is 5.69 Å². The van der Waals surface area contributed by atoms with Gasteiger partial charge >= 0.3 is 12.1 Å². The lowest BCUT2D eigenvalue weighted by Gasteiger charge is -2.14. The molecule has 184 valence electrons. The molecule has 2 rings (SSSR count). The predicted octanol–water partition coefficient (Wildman–Crippen LogP) is 3.87. The Balaban J connectivity index is 2.30. The number of nitrogens with one attached hydrogen (secondary N) is 1. The van der Waals surface area contributed by atoms with Crippen molar-refractivity contribution < 1.29 is 32.0 Å². The third-order valence-corrected chi connectivity index (χ3v) is 5.92. The number of carbonyl (C=O) groups excluding carboxylic acids is 2. The molecule has 0 aliphatic carbocycles. The number of carbonyl (C=O) groups is 2. The third kappa shape index (κ3) is 6.72. The number of rotatable bonds is 11. The molecule has 0 fully saturated rings. The van der Waals surface area contributed by atoms with Gasteiger partial charge < -0.3 is 19.8 Å². The van der Waals surface area contributed by atoms with E-state index in [1.807, 2.05) is 0 Å². The number of nitrogens with zero attached hydrogens (tertiary/aromatic N) is 2. The highest BCUT2D eigenvalue weighted by molar-refractivity contribution is 7.86. The molecule has 12 heteroatoms. The Bertz CT molecular complexity index is 1180. The molecule has 1 aromatic heterocycles. The van der Waals surface area contributed by atoms with E-state index in [0.29, 0.717) is 6.42 Å². The quantitative estimate of drug-likeness (QED) is 0.239. The van der Waals surface area contributed by atoms with Gasteiger partial charge in [-0.15, -0.1) is 0 Å². The number of nitrogen functional groups attached to an aromatic ring is 1. The van der Waals surface area contributed by atoms with E-state index in [4.69, 9.17) is 15.2 Å². The van der Waals surface area contributed by atoms with Gasteiger partial charge in [0, 0.05) is 11.9 Å². The fourth-order valence-corrected chi connectivity index (χ4v) is 3.97. The van der Waals surface area contributed by atoms with Crippen LogP contribution in [0.25, 0.3) is 5.69 Å². The maximum Gasteiger partial charge on any atom is 0.411 e. The fourth-order valence-electron chi connectivity index (χ4n) is 3.31. The van der Waals surface area contributed by atoms with Crippen LogP contribution in [0.15, 0.2) is 29.3 Å². The number of anilines is 2. The summed E-state index contributed by atoms with van der Waals surface area (Å²) < 4.78 is 44.5. The van der Waals surface area contributed by atoms with Crippen molar-refractivity contribution in [2.24, 2.45) is 0 Å². The van der Waals surface area contributed by atoms with Crippen LogP contribution in [0.1, 0.15) is 61.5 Å². The van der Waals surface area contributed by atoms with Gasteiger partial charge in [0.2, 0.25) is 0 Å². The van der Waals surface area contributed by atoms with Gasteiger partial charge in [-0.05, 0) is 24.6 Å². The normalized spacial score (nSPS) is 11.0. The number of esters is 1. The van der Waals surface area contributed by atoms with E-state index in [2.05, 4.69) is 12.2 Å². The SMILES string of the molecule is CCCCCCCCOC(=O)Nc1ccc(S(=O)(=O)O)c(-n2cc(C#N)c(N)c2C(=O)OC)c1. The predicted molar refractivity (Wildman–Crippen MR) is 124 cm³/mol. The molecule has 4 N–H and O–H groups in total. The van der Waals surface area contributed by atoms with Crippen LogP contribution in [-0.4, -0.2) is 43.3 Å². The van der Waals surface area contributed by atoms with Crippen LogP contribution in [0, 0.1) is 11.3 Å². The first-order chi connectivity index (χ1) is 16.1. The number of nitriles is 1. The van der Waals surface area contributed by atoms with E-state index in [1.165, 1.54) is 18.6 Å². The van der Waals surface area contributed by atoms with Crippen LogP contribution in [0.2, 0.25) is 0 Å². The number of nitrogens with two attached hydrogens (primary N) is 1. The Morgan fingerprint density at radius 1 is 1.21 bits per heavy atom. The van der Waals surface area contributed by atoms with Crippen molar-refractivity contribution in [2.75, 3.05) is 24.8 Å². The summed E-state index contributed by atoms with van der Waals surface area (Å²) in [5.74, 6) is -0.933. The first-order valence-electron chi connectivity index (χ1n) is 10.7. The van der Waals surface area contributed by atoms with Crippen molar-refractivity contribution in [1.82, 2.24) is 4.57 Å². The van der Waals surface area contributed by atoms with Crippen molar-refractivity contribution in [3.63, 3.8) is 0 Å². The molecule has 0 spiro atoms. The summed E-state index contributed by atoms with van der Waals surface area (Å²) >= 11 is 0. The number of methoxy groups -OCH3 is 1. The topological polar surface area (TPSA) is 174 Å². The highest BCUT2D eigenvalue weighted by atomic mass is 32.2. The van der Waals surface area contributed by atoms with E-state index >= 15 is 0 Å². The van der Waals surface area contributed by atoms with Crippen LogP contribution in [0.4, 0.5) is 16.2 Å². The minimum absolute atomic E-state index is 0.113. The number of unbranched alkanes of at least 4 members (excludes halogenated alkanes) is 5. The number of aromatic nitrogens is 1. The zero-order valence-electron chi connectivity index (χ0n) is 19.0. The van der Waals surface area contributed by atoms with Crippen molar-refractivity contribution in [1.29, 1.82) is 5.26 Å². The monoisotopic (exact) mass is 492 g/mol. The Hall–Kier alpha value is -3.56. The molecular weight excluding hydrogens is 464 g/mol. The smallest absolute Gasteiger partial charge is 0.411 e. The molecule has 1 aromatic carbocycles. The fraction of sp³-hybridized carbons (Fsp3) is 0.409. The standard InChI is InChI=1S/C22H28N4O7S/c1-3-4-5-6-7-8-11-33-22(28)25-16-9-10-18(34(29,30)31)17(12-16)26-14-15(13-23)19(24)20(26)21(27)32-2/h9-10,12,14H,3-8,11,24H2,1-2H3,(H,25,28)(H,29,30,31). The number of benzene rings is 1. The van der Waals surface area contributed by atoms with Crippen molar-refractivity contribution in [3.05, 3.63) is 35.7 Å². The van der Waals surface area contributed by atoms with E-state index in [-0.39, 0.29) is 34.9 Å². The van der Waals surface area contributed by atoms with Gasteiger partial charge in [0.25, 0.3) is 10.1 Å². The largest absolute Gasteiger partial charge is 0.464 e. The molecule has 34 heavy (non-hydrogen) atoms. The van der Waals surface area contributed by atoms with Crippen LogP contribution in [0.3, 0.4) is 0 Å². The Kier molecular flexibility index (Phi) is 9.47. The van der Waals surface area contributed by atoms with Gasteiger partial charge in [0.05, 0.1) is 30.7 Å². The van der Waals surface area contributed by atoms with E-state index in [1.54, 1.807) is 6.07 Å². The Labute approximate surface area is 198 Å². The van der Waals surface area contributed by atoms with E-state index in [9.17, 15) is 27.8 Å². The second-order valence-electron chi connectivity index (χ2n) is 7.46. The van der Waals surface area contributed by atoms with Crippen LogP contribution >= 0.6 is 0 Å². The molecule has 0 saturated carbocycles. The third-order valence-electron chi connectivity index (χ3n) is 5.02. The van der Waals surface area contributed by atoms with Gasteiger partial charge in [0.1, 0.15) is 11.0 Å². The molecular formula is C22H28N4O7S. The average molecular weight is 493 g/mol. The molecule has 2 aromatic rings. The molecule has 11 nitrogen and oxygen atoms in total. The van der Waals surface area contributed by atoms with Crippen LogP contribution < -0.4 is 11.1 Å². The van der Waals surface area contributed by atoms with Crippen LogP contribution in [-0.2, 0) is 19.6 Å². The molecule has 0 aliphatic rings. The summed E-state index contributed by atoms with van der Waals surface area (Å²) in [7, 11) is -3.66. The van der Waals surface area contributed by atoms with Gasteiger partial charge in [-0.25, -0.2) is 9.59 Å². The second-order valence-corrected chi connectivity index (χ2v) is 8.85. The molecule has 0 atom stereocenters. The molecule has 0 radical (unpaired) electrons. The highest BCUT2D eigenvalue weighted by Gasteiger charge is 2.26. The van der Waals surface area contributed by atoms with Crippen molar-refractivity contribution in [2.45, 2.75) is 50.3 Å². The first-order valence-corrected chi connectivity index (χ1v) is 12.1. The number of hydrogen-bond acceptors (Lipinski definition) is 8. The summed E-state index contributed by atoms with van der Waals surface area (Å²) in [6.07, 6.45) is 6.54. The molecule has 0 bridgehead atoms. The van der Waals surface area contributed by atoms with Gasteiger partial charge in [-0.1, -0.05) is 39.0 Å². The minimum atomic E-state index is -4.75. The van der Waals surface area contributed by atoms with Crippen LogP contribution in [0.5, 0.6) is 0 Å². The second kappa shape index (κ2) is 12.1. The maximum absolute atomic E-state index is 12.3. The zero-order chi connectivity index (χ0) is 25.3. The van der Waals surface area contributed by atoms with Crippen molar-refractivity contribution >= 4 is 33.6 Å². The average Bonchev–Trinajstić information content (AvgIpc) is 3.13. The Morgan fingerprint density at radius 3 is 2.50 bits per heavy atom. The van der Waals surface area contributed by atoms with Gasteiger partial charge in [-0.3, -0.25) is 9.87 Å². The number of amides is 1. The molecule has 0 unspecified atom stereocenters. The van der Waals surface area contributed by atoms with Crippen molar-refractivity contribution in [3.8, 4) is 11.8 Å². The Morgan fingerprint density at radius 2 is 1.88 bits per heavy atom. The lowest BCUT2D eigenvalue weighted by atomic mass is 10.1. The summed E-state index contributed by atoms with van der Waals surface area (Å²) in [6.45, 7) is 2.35. The molecule has 0 saturated heterocycles. The molecule has 1 heterocycles. The molecule has 0 aliphatic heterocycles. The minimum Gasteiger partial charge on any atom is -0.464 e.